The zero-order chi connectivity index (χ0) is 22.7. The van der Waals surface area contributed by atoms with Gasteiger partial charge in [-0.25, -0.2) is 4.98 Å². The van der Waals surface area contributed by atoms with Gasteiger partial charge in [0.25, 0.3) is 5.56 Å². The molecule has 5 nitrogen and oxygen atoms in total. The Kier molecular flexibility index (Phi) is 6.50. The lowest BCUT2D eigenvalue weighted by molar-refractivity contribution is 0.251. The van der Waals surface area contributed by atoms with Gasteiger partial charge in [0.15, 0.2) is 0 Å². The number of fused-ring (bicyclic) bond motifs is 1. The van der Waals surface area contributed by atoms with Gasteiger partial charge in [-0.2, -0.15) is 5.26 Å². The predicted molar refractivity (Wildman–Crippen MR) is 131 cm³/mol. The summed E-state index contributed by atoms with van der Waals surface area (Å²) in [6.07, 6.45) is 0.998. The van der Waals surface area contributed by atoms with E-state index in [1.807, 2.05) is 24.3 Å². The normalized spacial score (nSPS) is 11.2. The standard InChI is InChI=1S/C26H26N4OS/c1-4-13-30(15-20-9-7-19(14-27)8-10-20)16-22-28-25(31)24-23(18(3)32-26(24)29-22)21-11-5-17(2)6-12-21/h5-12H,4,13,15-16H2,1-3H3,(H,28,29,31). The molecule has 0 aliphatic rings. The Bertz CT molecular complexity index is 1330. The van der Waals surface area contributed by atoms with E-state index in [9.17, 15) is 4.79 Å². The Morgan fingerprint density at radius 1 is 1.06 bits per heavy atom. The van der Waals surface area contributed by atoms with Crippen LogP contribution in [0.2, 0.25) is 0 Å². The Balaban J connectivity index is 1.64. The fraction of sp³-hybridized carbons (Fsp3) is 0.269. The number of nitrogens with one attached hydrogen (secondary N) is 1. The first-order valence-electron chi connectivity index (χ1n) is 10.8. The molecule has 2 aromatic carbocycles. The SMILES string of the molecule is CCCN(Cc1ccc(C#N)cc1)Cc1nc2sc(C)c(-c3ccc(C)cc3)c2c(=O)[nH]1. The van der Waals surface area contributed by atoms with Gasteiger partial charge in [-0.15, -0.1) is 11.3 Å². The van der Waals surface area contributed by atoms with E-state index in [1.165, 1.54) is 5.56 Å². The molecule has 0 fully saturated rings. The minimum Gasteiger partial charge on any atom is -0.309 e. The van der Waals surface area contributed by atoms with E-state index in [2.05, 4.69) is 61.0 Å². The van der Waals surface area contributed by atoms with Gasteiger partial charge in [0, 0.05) is 17.0 Å². The average molecular weight is 443 g/mol. The average Bonchev–Trinajstić information content (AvgIpc) is 3.11. The van der Waals surface area contributed by atoms with Crippen LogP contribution in [0.15, 0.2) is 53.3 Å². The number of H-pyrrole nitrogens is 1. The Morgan fingerprint density at radius 2 is 1.78 bits per heavy atom. The van der Waals surface area contributed by atoms with Gasteiger partial charge in [0.2, 0.25) is 0 Å². The summed E-state index contributed by atoms with van der Waals surface area (Å²) >= 11 is 1.57. The van der Waals surface area contributed by atoms with Gasteiger partial charge >= 0.3 is 0 Å². The second-order valence-corrected chi connectivity index (χ2v) is 9.31. The molecule has 162 valence electrons. The van der Waals surface area contributed by atoms with Crippen LogP contribution in [0.1, 0.15) is 40.7 Å². The maximum atomic E-state index is 13.1. The number of hydrogen-bond donors (Lipinski definition) is 1. The topological polar surface area (TPSA) is 72.8 Å². The van der Waals surface area contributed by atoms with Crippen molar-refractivity contribution in [1.82, 2.24) is 14.9 Å². The number of thiophene rings is 1. The molecule has 4 rings (SSSR count). The second-order valence-electron chi connectivity index (χ2n) is 8.11. The summed E-state index contributed by atoms with van der Waals surface area (Å²) in [5.41, 5.74) is 4.93. The lowest BCUT2D eigenvalue weighted by Crippen LogP contribution is -2.26. The number of aromatic amines is 1. The number of nitriles is 1. The Labute approximate surface area is 192 Å². The van der Waals surface area contributed by atoms with Crippen molar-refractivity contribution >= 4 is 21.6 Å². The van der Waals surface area contributed by atoms with Crippen molar-refractivity contribution < 1.29 is 0 Å². The van der Waals surface area contributed by atoms with Crippen molar-refractivity contribution in [3.8, 4) is 17.2 Å². The van der Waals surface area contributed by atoms with Crippen LogP contribution in [-0.2, 0) is 13.1 Å². The van der Waals surface area contributed by atoms with Crippen molar-refractivity contribution in [2.45, 2.75) is 40.3 Å². The van der Waals surface area contributed by atoms with Gasteiger partial charge < -0.3 is 4.98 Å². The molecule has 2 heterocycles. The first kappa shape index (κ1) is 21.9. The number of nitrogens with zero attached hydrogens (tertiary/aromatic N) is 3. The summed E-state index contributed by atoms with van der Waals surface area (Å²) < 4.78 is 0. The van der Waals surface area contributed by atoms with E-state index in [-0.39, 0.29) is 5.56 Å². The molecule has 6 heteroatoms. The van der Waals surface area contributed by atoms with Gasteiger partial charge in [-0.1, -0.05) is 48.9 Å². The van der Waals surface area contributed by atoms with Crippen LogP contribution in [0.25, 0.3) is 21.3 Å². The lowest BCUT2D eigenvalue weighted by atomic mass is 10.0. The van der Waals surface area contributed by atoms with Crippen LogP contribution < -0.4 is 5.56 Å². The van der Waals surface area contributed by atoms with Crippen molar-refractivity contribution in [3.63, 3.8) is 0 Å². The fourth-order valence-electron chi connectivity index (χ4n) is 3.99. The summed E-state index contributed by atoms with van der Waals surface area (Å²) in [5.74, 6) is 0.682. The molecule has 32 heavy (non-hydrogen) atoms. The molecule has 0 spiro atoms. The molecule has 0 aliphatic carbocycles. The minimum absolute atomic E-state index is 0.0836. The Hall–Kier alpha value is -3.27. The highest BCUT2D eigenvalue weighted by molar-refractivity contribution is 7.19. The van der Waals surface area contributed by atoms with E-state index in [0.29, 0.717) is 23.3 Å². The van der Waals surface area contributed by atoms with Crippen LogP contribution in [0, 0.1) is 25.2 Å². The minimum atomic E-state index is -0.0836. The van der Waals surface area contributed by atoms with Gasteiger partial charge in [-0.05, 0) is 50.1 Å². The maximum absolute atomic E-state index is 13.1. The maximum Gasteiger partial charge on any atom is 0.260 e. The van der Waals surface area contributed by atoms with Crippen LogP contribution in [0.4, 0.5) is 0 Å². The van der Waals surface area contributed by atoms with Crippen LogP contribution in [0.3, 0.4) is 0 Å². The molecule has 0 unspecified atom stereocenters. The first-order valence-corrected chi connectivity index (χ1v) is 11.6. The summed E-state index contributed by atoms with van der Waals surface area (Å²) in [7, 11) is 0. The van der Waals surface area contributed by atoms with Gasteiger partial charge in [0.1, 0.15) is 10.7 Å². The molecule has 0 amide bonds. The summed E-state index contributed by atoms with van der Waals surface area (Å²) in [6, 6.07) is 18.1. The predicted octanol–water partition coefficient (Wildman–Crippen LogP) is 5.55. The van der Waals surface area contributed by atoms with Crippen molar-refractivity contribution in [1.29, 1.82) is 5.26 Å². The molecular weight excluding hydrogens is 416 g/mol. The molecule has 0 aliphatic heterocycles. The summed E-state index contributed by atoms with van der Waals surface area (Å²) in [4.78, 5) is 25.1. The molecule has 0 saturated heterocycles. The molecule has 1 N–H and O–H groups in total. The van der Waals surface area contributed by atoms with E-state index in [1.54, 1.807) is 11.3 Å². The Morgan fingerprint density at radius 3 is 2.44 bits per heavy atom. The smallest absolute Gasteiger partial charge is 0.260 e. The second kappa shape index (κ2) is 9.47. The van der Waals surface area contributed by atoms with Crippen molar-refractivity contribution in [2.75, 3.05) is 6.54 Å². The number of aryl methyl sites for hydroxylation is 2. The first-order chi connectivity index (χ1) is 15.5. The zero-order valence-electron chi connectivity index (χ0n) is 18.6. The number of rotatable bonds is 7. The largest absolute Gasteiger partial charge is 0.309 e. The molecular formula is C26H26N4OS. The highest BCUT2D eigenvalue weighted by Gasteiger charge is 2.17. The monoisotopic (exact) mass is 442 g/mol. The van der Waals surface area contributed by atoms with E-state index < -0.39 is 0 Å². The van der Waals surface area contributed by atoms with Crippen molar-refractivity contribution in [2.24, 2.45) is 0 Å². The number of hydrogen-bond acceptors (Lipinski definition) is 5. The fourth-order valence-corrected chi connectivity index (χ4v) is 5.06. The van der Waals surface area contributed by atoms with Crippen LogP contribution in [-0.4, -0.2) is 21.4 Å². The highest BCUT2D eigenvalue weighted by Crippen LogP contribution is 2.35. The lowest BCUT2D eigenvalue weighted by Gasteiger charge is -2.21. The van der Waals surface area contributed by atoms with Crippen molar-refractivity contribution in [3.05, 3.63) is 86.3 Å². The highest BCUT2D eigenvalue weighted by atomic mass is 32.1. The molecule has 0 saturated carbocycles. The van der Waals surface area contributed by atoms with Crippen LogP contribution >= 0.6 is 11.3 Å². The number of aromatic nitrogens is 2. The van der Waals surface area contributed by atoms with Gasteiger partial charge in [-0.3, -0.25) is 9.69 Å². The quantitative estimate of drug-likeness (QED) is 0.407. The molecule has 0 atom stereocenters. The molecule has 2 aromatic heterocycles. The van der Waals surface area contributed by atoms with Crippen LogP contribution in [0.5, 0.6) is 0 Å². The molecule has 0 radical (unpaired) electrons. The molecule has 0 bridgehead atoms. The zero-order valence-corrected chi connectivity index (χ0v) is 19.4. The third-order valence-electron chi connectivity index (χ3n) is 5.53. The third-order valence-corrected chi connectivity index (χ3v) is 6.53. The summed E-state index contributed by atoms with van der Waals surface area (Å²) in [6.45, 7) is 8.44. The molecule has 4 aromatic rings. The van der Waals surface area contributed by atoms with E-state index >= 15 is 0 Å². The summed E-state index contributed by atoms with van der Waals surface area (Å²) in [5, 5.41) is 9.68. The van der Waals surface area contributed by atoms with E-state index in [4.69, 9.17) is 10.2 Å². The van der Waals surface area contributed by atoms with Gasteiger partial charge in [0.05, 0.1) is 23.6 Å². The third kappa shape index (κ3) is 4.64. The number of benzene rings is 2. The van der Waals surface area contributed by atoms with E-state index in [0.717, 1.165) is 45.9 Å².